The quantitative estimate of drug-likeness (QED) is 0.442. The van der Waals surface area contributed by atoms with Crippen LogP contribution in [0.1, 0.15) is 32.3 Å². The van der Waals surface area contributed by atoms with Crippen LogP contribution in [0, 0.1) is 5.92 Å². The van der Waals surface area contributed by atoms with Gasteiger partial charge in [-0.1, -0.05) is 68.5 Å². The summed E-state index contributed by atoms with van der Waals surface area (Å²) in [5.74, 6) is 0.424. The molecule has 146 valence electrons. The van der Waals surface area contributed by atoms with E-state index in [4.69, 9.17) is 0 Å². The molecule has 0 saturated heterocycles. The fourth-order valence-electron chi connectivity index (χ4n) is 5.76. The Morgan fingerprint density at radius 2 is 1.38 bits per heavy atom. The lowest BCUT2D eigenvalue weighted by molar-refractivity contribution is 0.252. The van der Waals surface area contributed by atoms with E-state index < -0.39 is 0 Å². The van der Waals surface area contributed by atoms with Crippen molar-refractivity contribution in [1.82, 2.24) is 0 Å². The van der Waals surface area contributed by atoms with Crippen molar-refractivity contribution < 1.29 is 0 Å². The normalized spacial score (nSPS) is 24.6. The molecule has 0 radical (unpaired) electrons. The number of hydrogen-bond acceptors (Lipinski definition) is 2. The zero-order valence-corrected chi connectivity index (χ0v) is 17.3. The second kappa shape index (κ2) is 6.81. The molecule has 0 bridgehead atoms. The number of anilines is 4. The van der Waals surface area contributed by atoms with Crippen molar-refractivity contribution in [3.05, 3.63) is 97.1 Å². The first-order valence-electron chi connectivity index (χ1n) is 10.7. The summed E-state index contributed by atoms with van der Waals surface area (Å²) in [5, 5.41) is 0. The molecule has 3 aromatic rings. The highest BCUT2D eigenvalue weighted by Crippen LogP contribution is 2.59. The minimum absolute atomic E-state index is 0.0401. The summed E-state index contributed by atoms with van der Waals surface area (Å²) < 4.78 is 0. The highest BCUT2D eigenvalue weighted by atomic mass is 15.4. The van der Waals surface area contributed by atoms with E-state index in [0.29, 0.717) is 5.92 Å². The van der Waals surface area contributed by atoms with Crippen molar-refractivity contribution >= 4 is 22.7 Å². The zero-order chi connectivity index (χ0) is 20.0. The minimum atomic E-state index is -0.0401. The second-order valence-electron chi connectivity index (χ2n) is 8.11. The van der Waals surface area contributed by atoms with Crippen LogP contribution in [0.5, 0.6) is 0 Å². The van der Waals surface area contributed by atoms with Crippen LogP contribution in [0.15, 0.2) is 91.5 Å². The van der Waals surface area contributed by atoms with E-state index in [9.17, 15) is 0 Å². The van der Waals surface area contributed by atoms with Gasteiger partial charge in [-0.2, -0.15) is 0 Å². The number of nitrogens with zero attached hydrogens (tertiary/aromatic N) is 2. The van der Waals surface area contributed by atoms with Gasteiger partial charge in [-0.3, -0.25) is 0 Å². The Labute approximate surface area is 174 Å². The van der Waals surface area contributed by atoms with Crippen molar-refractivity contribution in [3.8, 4) is 0 Å². The first-order chi connectivity index (χ1) is 14.3. The van der Waals surface area contributed by atoms with E-state index in [1.54, 1.807) is 0 Å². The van der Waals surface area contributed by atoms with Crippen LogP contribution in [0.2, 0.25) is 0 Å². The van der Waals surface area contributed by atoms with Crippen LogP contribution in [0.25, 0.3) is 0 Å². The van der Waals surface area contributed by atoms with E-state index in [1.807, 2.05) is 0 Å². The maximum Gasteiger partial charge on any atom is 0.115 e. The van der Waals surface area contributed by atoms with Gasteiger partial charge in [-0.05, 0) is 48.7 Å². The number of para-hydroxylation sites is 4. The van der Waals surface area contributed by atoms with Crippen molar-refractivity contribution in [1.29, 1.82) is 0 Å². The van der Waals surface area contributed by atoms with Crippen LogP contribution in [-0.4, -0.2) is 6.17 Å². The monoisotopic (exact) mass is 380 g/mol. The number of allylic oxidation sites excluding steroid dienone is 1. The molecule has 5 rings (SSSR count). The van der Waals surface area contributed by atoms with Crippen molar-refractivity contribution in [2.24, 2.45) is 5.92 Å². The molecule has 2 heterocycles. The third-order valence-electron chi connectivity index (χ3n) is 7.04. The molecule has 0 spiro atoms. The van der Waals surface area contributed by atoms with Gasteiger partial charge < -0.3 is 9.80 Å². The molecule has 2 nitrogen and oxygen atoms in total. The highest BCUT2D eigenvalue weighted by Gasteiger charge is 2.53. The largest absolute Gasteiger partial charge is 0.318 e. The molecule has 0 fully saturated rings. The fourth-order valence-corrected chi connectivity index (χ4v) is 5.76. The third kappa shape index (κ3) is 2.35. The van der Waals surface area contributed by atoms with Crippen molar-refractivity contribution in [2.45, 2.75) is 38.3 Å². The molecule has 29 heavy (non-hydrogen) atoms. The topological polar surface area (TPSA) is 6.48 Å². The molecule has 2 heteroatoms. The molecule has 0 saturated carbocycles. The molecule has 0 amide bonds. The summed E-state index contributed by atoms with van der Waals surface area (Å²) in [5.41, 5.74) is 6.51. The van der Waals surface area contributed by atoms with Crippen molar-refractivity contribution in [2.75, 3.05) is 9.80 Å². The number of hydrogen-bond donors (Lipinski definition) is 0. The Bertz CT molecular complexity index is 1040. The molecule has 0 aliphatic carbocycles. The van der Waals surface area contributed by atoms with Crippen LogP contribution >= 0.6 is 0 Å². The van der Waals surface area contributed by atoms with E-state index >= 15 is 0 Å². The fraction of sp³-hybridized carbons (Fsp3) is 0.259. The van der Waals surface area contributed by atoms with Crippen LogP contribution in [0.3, 0.4) is 0 Å². The lowest BCUT2D eigenvalue weighted by Gasteiger charge is -2.52. The Morgan fingerprint density at radius 3 is 2.00 bits per heavy atom. The molecule has 0 aromatic heterocycles. The minimum Gasteiger partial charge on any atom is -0.318 e. The first-order valence-corrected chi connectivity index (χ1v) is 10.7. The lowest BCUT2D eigenvalue weighted by Crippen LogP contribution is -2.55. The van der Waals surface area contributed by atoms with Gasteiger partial charge in [0.2, 0.25) is 0 Å². The summed E-state index contributed by atoms with van der Waals surface area (Å²) in [6, 6.07) is 28.6. The Hall–Kier alpha value is -3.00. The third-order valence-corrected chi connectivity index (χ3v) is 7.04. The summed E-state index contributed by atoms with van der Waals surface area (Å²) in [6.07, 6.45) is 4.60. The van der Waals surface area contributed by atoms with E-state index in [0.717, 1.165) is 12.8 Å². The zero-order valence-electron chi connectivity index (χ0n) is 17.3. The predicted molar refractivity (Wildman–Crippen MR) is 123 cm³/mol. The van der Waals surface area contributed by atoms with Gasteiger partial charge in [0.15, 0.2) is 0 Å². The Morgan fingerprint density at radius 1 is 0.793 bits per heavy atom. The predicted octanol–water partition coefficient (Wildman–Crippen LogP) is 7.18. The lowest BCUT2D eigenvalue weighted by atomic mass is 9.63. The summed E-state index contributed by atoms with van der Waals surface area (Å²) >= 11 is 0. The van der Waals surface area contributed by atoms with Crippen LogP contribution < -0.4 is 9.80 Å². The van der Waals surface area contributed by atoms with Gasteiger partial charge in [-0.25, -0.2) is 0 Å². The Balaban J connectivity index is 1.83. The molecule has 2 aliphatic heterocycles. The number of rotatable bonds is 4. The number of fused-ring (bicyclic) bond motifs is 5. The maximum absolute atomic E-state index is 4.35. The number of benzene rings is 3. The van der Waals surface area contributed by atoms with Gasteiger partial charge in [0.05, 0.1) is 11.4 Å². The van der Waals surface area contributed by atoms with Gasteiger partial charge in [0.1, 0.15) is 6.17 Å². The molecule has 0 N–H and O–H groups in total. The summed E-state index contributed by atoms with van der Waals surface area (Å²) in [4.78, 5) is 5.12. The van der Waals surface area contributed by atoms with E-state index in [1.165, 1.54) is 28.3 Å². The van der Waals surface area contributed by atoms with E-state index in [2.05, 4.69) is 115 Å². The highest BCUT2D eigenvalue weighted by molar-refractivity contribution is 5.90. The smallest absolute Gasteiger partial charge is 0.115 e. The van der Waals surface area contributed by atoms with Crippen LogP contribution in [0.4, 0.5) is 22.7 Å². The standard InChI is InChI=1S/C27H28N2/c1-4-21-26-28(20-14-8-7-9-15-20)24-18-12-13-19-25(24)29(26)23-17-11-10-16-22(23)27(21,5-2)6-3/h5,7-19,21,26H,2,4,6H2,1,3H3. The van der Waals surface area contributed by atoms with Gasteiger partial charge >= 0.3 is 0 Å². The SMILES string of the molecule is C=CC1(CC)c2ccccc2N2c3ccccc3N(c3ccccc3)C2C1CC. The average molecular weight is 381 g/mol. The maximum atomic E-state index is 4.35. The van der Waals surface area contributed by atoms with Gasteiger partial charge in [-0.15, -0.1) is 6.58 Å². The van der Waals surface area contributed by atoms with Crippen LogP contribution in [-0.2, 0) is 5.41 Å². The summed E-state index contributed by atoms with van der Waals surface area (Å²) in [6.45, 7) is 8.99. The molecule has 3 aromatic carbocycles. The average Bonchev–Trinajstić information content (AvgIpc) is 3.13. The second-order valence-corrected chi connectivity index (χ2v) is 8.11. The van der Waals surface area contributed by atoms with E-state index in [-0.39, 0.29) is 11.6 Å². The molecule has 2 aliphatic rings. The van der Waals surface area contributed by atoms with Crippen molar-refractivity contribution in [3.63, 3.8) is 0 Å². The molecule has 3 atom stereocenters. The molecule has 3 unspecified atom stereocenters. The van der Waals surface area contributed by atoms with Gasteiger partial charge in [0.25, 0.3) is 0 Å². The van der Waals surface area contributed by atoms with Gasteiger partial charge in [0, 0.05) is 22.7 Å². The first kappa shape index (κ1) is 18.1. The Kier molecular flexibility index (Phi) is 4.24. The molecular formula is C27H28N2. The molecular weight excluding hydrogens is 352 g/mol. The summed E-state index contributed by atoms with van der Waals surface area (Å²) in [7, 11) is 0.